The number of halogens is 1. The Hall–Kier alpha value is -0.570. The largest absolute Gasteiger partial charge is 0.330 e. The van der Waals surface area contributed by atoms with Gasteiger partial charge in [-0.1, -0.05) is 37.6 Å². The third-order valence-electron chi connectivity index (χ3n) is 2.89. The molecule has 0 amide bonds. The first-order valence-corrected chi connectivity index (χ1v) is 6.16. The number of benzene rings is 1. The van der Waals surface area contributed by atoms with Gasteiger partial charge >= 0.3 is 0 Å². The van der Waals surface area contributed by atoms with Gasteiger partial charge in [0.05, 0.1) is 0 Å². The van der Waals surface area contributed by atoms with Crippen molar-refractivity contribution in [2.75, 3.05) is 13.1 Å². The number of hydrogen-bond donors (Lipinski definition) is 2. The maximum atomic E-state index is 5.82. The summed E-state index contributed by atoms with van der Waals surface area (Å²) in [4.78, 5) is 0. The Kier molecular flexibility index (Phi) is 5.81. The van der Waals surface area contributed by atoms with Crippen molar-refractivity contribution in [3.8, 4) is 0 Å². The Morgan fingerprint density at radius 2 is 1.88 bits per heavy atom. The van der Waals surface area contributed by atoms with Gasteiger partial charge in [0.25, 0.3) is 0 Å². The Morgan fingerprint density at radius 3 is 2.38 bits per heavy atom. The highest BCUT2D eigenvalue weighted by molar-refractivity contribution is 6.30. The lowest BCUT2D eigenvalue weighted by molar-refractivity contribution is 0.370. The van der Waals surface area contributed by atoms with Crippen LogP contribution in [0.1, 0.15) is 19.4 Å². The molecule has 0 aliphatic carbocycles. The molecule has 1 atom stereocenters. The molecule has 0 aliphatic heterocycles. The molecule has 0 heterocycles. The fourth-order valence-corrected chi connectivity index (χ4v) is 1.72. The molecule has 3 N–H and O–H groups in total. The monoisotopic (exact) mass is 240 g/mol. The summed E-state index contributed by atoms with van der Waals surface area (Å²) in [6.45, 7) is 7.01. The van der Waals surface area contributed by atoms with Gasteiger partial charge in [-0.3, -0.25) is 0 Å². The molecule has 0 spiro atoms. The van der Waals surface area contributed by atoms with E-state index in [0.29, 0.717) is 11.8 Å². The van der Waals surface area contributed by atoms with Gasteiger partial charge in [-0.25, -0.2) is 0 Å². The van der Waals surface area contributed by atoms with Crippen LogP contribution < -0.4 is 11.1 Å². The summed E-state index contributed by atoms with van der Waals surface area (Å²) in [6, 6.07) is 7.92. The van der Waals surface area contributed by atoms with Gasteiger partial charge in [0.1, 0.15) is 0 Å². The standard InChI is InChI=1S/C13H21ClN2/c1-10(2)12(7-15)9-16-8-11-3-5-13(14)6-4-11/h3-6,10,12,16H,7-9,15H2,1-2H3. The minimum Gasteiger partial charge on any atom is -0.330 e. The van der Waals surface area contributed by atoms with Gasteiger partial charge in [-0.15, -0.1) is 0 Å². The normalized spacial score (nSPS) is 13.1. The summed E-state index contributed by atoms with van der Waals surface area (Å²) < 4.78 is 0. The molecular formula is C13H21ClN2. The first-order chi connectivity index (χ1) is 7.63. The number of hydrogen-bond acceptors (Lipinski definition) is 2. The van der Waals surface area contributed by atoms with Crippen molar-refractivity contribution in [3.63, 3.8) is 0 Å². The van der Waals surface area contributed by atoms with Crippen molar-refractivity contribution in [2.45, 2.75) is 20.4 Å². The molecule has 0 saturated carbocycles. The van der Waals surface area contributed by atoms with E-state index in [2.05, 4.69) is 19.2 Å². The van der Waals surface area contributed by atoms with E-state index >= 15 is 0 Å². The highest BCUT2D eigenvalue weighted by Crippen LogP contribution is 2.10. The maximum Gasteiger partial charge on any atom is 0.0406 e. The van der Waals surface area contributed by atoms with Gasteiger partial charge in [0.2, 0.25) is 0 Å². The third kappa shape index (κ3) is 4.52. The molecule has 0 bridgehead atoms. The predicted octanol–water partition coefficient (Wildman–Crippen LogP) is 2.66. The summed E-state index contributed by atoms with van der Waals surface area (Å²) in [5.41, 5.74) is 6.97. The van der Waals surface area contributed by atoms with E-state index in [-0.39, 0.29) is 0 Å². The summed E-state index contributed by atoms with van der Waals surface area (Å²) >= 11 is 5.82. The van der Waals surface area contributed by atoms with E-state index in [1.54, 1.807) is 0 Å². The van der Waals surface area contributed by atoms with E-state index < -0.39 is 0 Å². The van der Waals surface area contributed by atoms with Crippen molar-refractivity contribution < 1.29 is 0 Å². The molecule has 0 aliphatic rings. The van der Waals surface area contributed by atoms with Crippen LogP contribution in [0.25, 0.3) is 0 Å². The Morgan fingerprint density at radius 1 is 1.25 bits per heavy atom. The number of nitrogens with two attached hydrogens (primary N) is 1. The topological polar surface area (TPSA) is 38.0 Å². The van der Waals surface area contributed by atoms with E-state index in [1.807, 2.05) is 24.3 Å². The molecule has 1 unspecified atom stereocenters. The van der Waals surface area contributed by atoms with Crippen LogP contribution in [-0.4, -0.2) is 13.1 Å². The van der Waals surface area contributed by atoms with Crippen LogP contribution in [-0.2, 0) is 6.54 Å². The quantitative estimate of drug-likeness (QED) is 0.803. The second-order valence-corrected chi connectivity index (χ2v) is 4.93. The lowest BCUT2D eigenvalue weighted by Gasteiger charge is -2.19. The Bertz CT molecular complexity index is 295. The van der Waals surface area contributed by atoms with Gasteiger partial charge in [-0.2, -0.15) is 0 Å². The van der Waals surface area contributed by atoms with Gasteiger partial charge in [-0.05, 0) is 42.6 Å². The van der Waals surface area contributed by atoms with Gasteiger partial charge in [0.15, 0.2) is 0 Å². The van der Waals surface area contributed by atoms with Crippen LogP contribution in [0.15, 0.2) is 24.3 Å². The summed E-state index contributed by atoms with van der Waals surface area (Å²) in [5, 5.41) is 4.21. The van der Waals surface area contributed by atoms with Crippen molar-refractivity contribution in [1.82, 2.24) is 5.32 Å². The molecule has 1 aromatic rings. The Labute approximate surface area is 103 Å². The molecule has 0 fully saturated rings. The second-order valence-electron chi connectivity index (χ2n) is 4.50. The summed E-state index contributed by atoms with van der Waals surface area (Å²) in [6.07, 6.45) is 0. The minimum atomic E-state index is 0.548. The summed E-state index contributed by atoms with van der Waals surface area (Å²) in [7, 11) is 0. The second kappa shape index (κ2) is 6.89. The van der Waals surface area contributed by atoms with E-state index in [4.69, 9.17) is 17.3 Å². The molecule has 90 valence electrons. The molecule has 16 heavy (non-hydrogen) atoms. The average molecular weight is 241 g/mol. The van der Waals surface area contributed by atoms with Gasteiger partial charge in [0, 0.05) is 11.6 Å². The fourth-order valence-electron chi connectivity index (χ4n) is 1.60. The fraction of sp³-hybridized carbons (Fsp3) is 0.538. The van der Waals surface area contributed by atoms with E-state index in [1.165, 1.54) is 5.56 Å². The first-order valence-electron chi connectivity index (χ1n) is 5.78. The lowest BCUT2D eigenvalue weighted by atomic mass is 9.96. The zero-order valence-electron chi connectivity index (χ0n) is 10.0. The lowest BCUT2D eigenvalue weighted by Crippen LogP contribution is -2.31. The molecule has 0 radical (unpaired) electrons. The summed E-state index contributed by atoms with van der Waals surface area (Å²) in [5.74, 6) is 1.18. The van der Waals surface area contributed by atoms with Crippen LogP contribution in [0.5, 0.6) is 0 Å². The minimum absolute atomic E-state index is 0.548. The third-order valence-corrected chi connectivity index (χ3v) is 3.15. The highest BCUT2D eigenvalue weighted by atomic mass is 35.5. The zero-order chi connectivity index (χ0) is 12.0. The molecule has 1 aromatic carbocycles. The maximum absolute atomic E-state index is 5.82. The molecule has 0 saturated heterocycles. The van der Waals surface area contributed by atoms with E-state index in [0.717, 1.165) is 24.7 Å². The van der Waals surface area contributed by atoms with Crippen LogP contribution in [0, 0.1) is 11.8 Å². The van der Waals surface area contributed by atoms with Crippen LogP contribution >= 0.6 is 11.6 Å². The highest BCUT2D eigenvalue weighted by Gasteiger charge is 2.10. The van der Waals surface area contributed by atoms with Crippen LogP contribution in [0.3, 0.4) is 0 Å². The zero-order valence-corrected chi connectivity index (χ0v) is 10.8. The first kappa shape index (κ1) is 13.5. The smallest absolute Gasteiger partial charge is 0.0406 e. The van der Waals surface area contributed by atoms with E-state index in [9.17, 15) is 0 Å². The molecule has 1 rings (SSSR count). The molecular weight excluding hydrogens is 220 g/mol. The van der Waals surface area contributed by atoms with Crippen molar-refractivity contribution >= 4 is 11.6 Å². The van der Waals surface area contributed by atoms with Crippen molar-refractivity contribution in [1.29, 1.82) is 0 Å². The Balaban J connectivity index is 2.32. The van der Waals surface area contributed by atoms with Crippen molar-refractivity contribution in [3.05, 3.63) is 34.9 Å². The average Bonchev–Trinajstić information content (AvgIpc) is 2.26. The molecule has 3 heteroatoms. The van der Waals surface area contributed by atoms with Gasteiger partial charge < -0.3 is 11.1 Å². The van der Waals surface area contributed by atoms with Crippen LogP contribution in [0.4, 0.5) is 0 Å². The van der Waals surface area contributed by atoms with Crippen molar-refractivity contribution in [2.24, 2.45) is 17.6 Å². The molecule has 2 nitrogen and oxygen atoms in total. The predicted molar refractivity (Wildman–Crippen MR) is 70.5 cm³/mol. The number of nitrogens with one attached hydrogen (secondary N) is 1. The molecule has 0 aromatic heterocycles. The SMILES string of the molecule is CC(C)C(CN)CNCc1ccc(Cl)cc1. The number of rotatable bonds is 6. The van der Waals surface area contributed by atoms with Crippen LogP contribution in [0.2, 0.25) is 5.02 Å².